The number of piperidine rings is 1. The maximum absolute atomic E-state index is 14.7. The van der Waals surface area contributed by atoms with Crippen LogP contribution in [0, 0.1) is 17.7 Å². The Morgan fingerprint density at radius 1 is 1.22 bits per heavy atom. The molecule has 3 N–H and O–H groups in total. The Labute approximate surface area is 264 Å². The maximum atomic E-state index is 14.7. The molecule has 0 bridgehead atoms. The minimum atomic E-state index is -0.981. The molecule has 1 saturated heterocycles. The summed E-state index contributed by atoms with van der Waals surface area (Å²) in [6.45, 7) is 9.77. The Kier molecular flexibility index (Phi) is 20.7. The van der Waals surface area contributed by atoms with Crippen LogP contribution in [0.5, 0.6) is 0 Å². The van der Waals surface area contributed by atoms with E-state index in [0.717, 1.165) is 18.9 Å². The monoisotopic (exact) mass is 637 g/mol. The van der Waals surface area contributed by atoms with E-state index < -0.39 is 17.9 Å². The van der Waals surface area contributed by atoms with E-state index in [1.54, 1.807) is 32.4 Å². The smallest absolute Gasteiger partial charge is 0.373 e. The number of hydrogen-bond acceptors (Lipinski definition) is 10. The number of aliphatic hydroxyl groups is 1. The molecule has 0 aliphatic carbocycles. The number of nitrogens with one attached hydrogen (secondary N) is 1. The van der Waals surface area contributed by atoms with Gasteiger partial charge in [0, 0.05) is 58.5 Å². The highest BCUT2D eigenvalue weighted by Gasteiger charge is 2.35. The molecule has 1 aliphatic heterocycles. The van der Waals surface area contributed by atoms with Gasteiger partial charge in [0.05, 0.1) is 18.4 Å². The van der Waals surface area contributed by atoms with Crippen LogP contribution in [0.2, 0.25) is 0 Å². The number of unbranched alkanes of at least 4 members (excludes halogenated alkanes) is 1. The number of rotatable bonds is 14. The van der Waals surface area contributed by atoms with E-state index in [1.165, 1.54) is 10.7 Å². The Hall–Kier alpha value is -3.81. The molecule has 13 nitrogen and oxygen atoms in total. The van der Waals surface area contributed by atoms with E-state index in [4.69, 9.17) is 24.2 Å². The summed E-state index contributed by atoms with van der Waals surface area (Å²) in [5.74, 6) is -1.43. The summed E-state index contributed by atoms with van der Waals surface area (Å²) in [7, 11) is 3.22. The molecular weight excluding hydrogens is 589 g/mol. The van der Waals surface area contributed by atoms with Gasteiger partial charge in [-0.15, -0.1) is 5.10 Å². The molecule has 1 aromatic heterocycles. The summed E-state index contributed by atoms with van der Waals surface area (Å²) in [5.41, 5.74) is 1.11. The van der Waals surface area contributed by atoms with Crippen LogP contribution in [-0.2, 0) is 30.3 Å². The minimum absolute atomic E-state index is 0. The first-order valence-corrected chi connectivity index (χ1v) is 14.3. The van der Waals surface area contributed by atoms with Gasteiger partial charge in [0.15, 0.2) is 5.69 Å². The van der Waals surface area contributed by atoms with Crippen molar-refractivity contribution < 1.29 is 43.3 Å². The Morgan fingerprint density at radius 2 is 1.87 bits per heavy atom. The number of ether oxygens (including phenoxy) is 2. The SMILES string of the molecule is C.C=CC(=O)O.COCCCCc1c(C(=O)N(CC(C)C)[C@@H]2CNC[C@H](C(O)COC)C2)nnn1-c1ccccc1F.O=C=O. The molecule has 252 valence electrons. The van der Waals surface area contributed by atoms with Crippen LogP contribution in [0.4, 0.5) is 4.39 Å². The predicted molar refractivity (Wildman–Crippen MR) is 164 cm³/mol. The third-order valence-electron chi connectivity index (χ3n) is 6.74. The molecule has 2 aromatic rings. The van der Waals surface area contributed by atoms with Crippen molar-refractivity contribution in [1.29, 1.82) is 0 Å². The number of aliphatic hydroxyl groups excluding tert-OH is 1. The number of carbonyl (C=O) groups is 2. The van der Waals surface area contributed by atoms with Crippen LogP contribution in [-0.4, -0.2) is 107 Å². The lowest BCUT2D eigenvalue weighted by Crippen LogP contribution is -2.54. The Balaban J connectivity index is 0.00000192. The number of para-hydroxylation sites is 1. The molecular formula is C31H48FN5O8. The molecule has 1 fully saturated rings. The normalized spacial score (nSPS) is 16.1. The summed E-state index contributed by atoms with van der Waals surface area (Å²) in [6, 6.07) is 6.24. The number of amides is 1. The topological polar surface area (TPSA) is 173 Å². The van der Waals surface area contributed by atoms with Crippen LogP contribution < -0.4 is 5.32 Å². The first-order valence-electron chi connectivity index (χ1n) is 14.3. The Bertz CT molecular complexity index is 1200. The zero-order valence-electron chi connectivity index (χ0n) is 25.8. The van der Waals surface area contributed by atoms with Crippen molar-refractivity contribution in [2.45, 2.75) is 59.1 Å². The van der Waals surface area contributed by atoms with Crippen molar-refractivity contribution in [1.82, 2.24) is 25.2 Å². The van der Waals surface area contributed by atoms with Crippen molar-refractivity contribution in [2.24, 2.45) is 11.8 Å². The zero-order valence-corrected chi connectivity index (χ0v) is 25.8. The van der Waals surface area contributed by atoms with Gasteiger partial charge in [0.1, 0.15) is 11.5 Å². The molecule has 1 aliphatic rings. The first kappa shape index (κ1) is 41.2. The summed E-state index contributed by atoms with van der Waals surface area (Å²) < 4.78 is 26.4. The summed E-state index contributed by atoms with van der Waals surface area (Å²) >= 11 is 0. The van der Waals surface area contributed by atoms with Crippen molar-refractivity contribution >= 4 is 18.0 Å². The van der Waals surface area contributed by atoms with E-state index in [1.807, 2.05) is 4.90 Å². The third-order valence-corrected chi connectivity index (χ3v) is 6.74. The van der Waals surface area contributed by atoms with Gasteiger partial charge in [-0.2, -0.15) is 9.59 Å². The zero-order chi connectivity index (χ0) is 33.1. The van der Waals surface area contributed by atoms with E-state index in [-0.39, 0.29) is 55.4 Å². The van der Waals surface area contributed by atoms with E-state index in [2.05, 4.69) is 36.1 Å². The molecule has 1 unspecified atom stereocenters. The predicted octanol–water partition coefficient (Wildman–Crippen LogP) is 2.77. The molecule has 3 atom stereocenters. The number of aromatic nitrogens is 3. The molecule has 2 heterocycles. The van der Waals surface area contributed by atoms with E-state index >= 15 is 0 Å². The number of carbonyl (C=O) groups excluding carboxylic acids is 3. The van der Waals surface area contributed by atoms with Gasteiger partial charge in [-0.25, -0.2) is 13.9 Å². The number of benzene rings is 1. The van der Waals surface area contributed by atoms with Crippen LogP contribution in [0.15, 0.2) is 36.9 Å². The standard InChI is InChI=1S/C26H40FN5O4.C3H4O2.CO2.CH4/c1-18(2)16-31(20-13-19(14-28-15-20)24(33)17-36-4)26(34)25-23(11-7-8-12-35-3)32(30-29-25)22-10-6-5-9-21(22)27;1-2-3(4)5;2-1-3;/h5-6,9-10,18-20,24,28,33H,7-8,11-17H2,1-4H3;2H,1H2,(H,4,5);;1H4/t19-,20+,24?;;;/m1.../s1. The average molecular weight is 638 g/mol. The molecule has 3 rings (SSSR count). The van der Waals surface area contributed by atoms with Gasteiger partial charge < -0.3 is 29.9 Å². The first-order chi connectivity index (χ1) is 21.1. The highest BCUT2D eigenvalue weighted by Crippen LogP contribution is 2.25. The molecule has 0 saturated carbocycles. The molecule has 0 radical (unpaired) electrons. The van der Waals surface area contributed by atoms with Crippen molar-refractivity contribution in [3.05, 3.63) is 54.1 Å². The minimum Gasteiger partial charge on any atom is -0.478 e. The maximum Gasteiger partial charge on any atom is 0.373 e. The lowest BCUT2D eigenvalue weighted by molar-refractivity contribution is -0.191. The summed E-state index contributed by atoms with van der Waals surface area (Å²) in [4.78, 5) is 41.3. The molecule has 14 heteroatoms. The number of carboxylic acid groups (broad SMARTS) is 1. The Morgan fingerprint density at radius 3 is 2.42 bits per heavy atom. The van der Waals surface area contributed by atoms with Gasteiger partial charge >= 0.3 is 12.1 Å². The van der Waals surface area contributed by atoms with Gasteiger partial charge in [-0.05, 0) is 43.7 Å². The summed E-state index contributed by atoms with van der Waals surface area (Å²) in [5, 5.41) is 30.0. The fraction of sp³-hybridized carbons (Fsp3) is 0.581. The molecule has 1 aromatic carbocycles. The lowest BCUT2D eigenvalue weighted by Gasteiger charge is -2.40. The van der Waals surface area contributed by atoms with Gasteiger partial charge in [0.2, 0.25) is 0 Å². The fourth-order valence-electron chi connectivity index (χ4n) is 4.76. The quantitative estimate of drug-likeness (QED) is 0.205. The number of carboxylic acids is 1. The molecule has 1 amide bonds. The number of hydrogen-bond donors (Lipinski definition) is 3. The number of nitrogens with zero attached hydrogens (tertiary/aromatic N) is 4. The van der Waals surface area contributed by atoms with E-state index in [0.29, 0.717) is 44.8 Å². The molecule has 45 heavy (non-hydrogen) atoms. The van der Waals surface area contributed by atoms with Crippen LogP contribution in [0.1, 0.15) is 56.7 Å². The van der Waals surface area contributed by atoms with Crippen LogP contribution in [0.25, 0.3) is 5.69 Å². The van der Waals surface area contributed by atoms with Gasteiger partial charge in [0.25, 0.3) is 5.91 Å². The van der Waals surface area contributed by atoms with Crippen LogP contribution >= 0.6 is 0 Å². The second-order valence-corrected chi connectivity index (χ2v) is 10.5. The number of aliphatic carboxylic acids is 1. The number of halogens is 1. The van der Waals surface area contributed by atoms with Crippen LogP contribution in [0.3, 0.4) is 0 Å². The highest BCUT2D eigenvalue weighted by molar-refractivity contribution is 5.93. The number of methoxy groups -OCH3 is 2. The fourth-order valence-corrected chi connectivity index (χ4v) is 4.76. The van der Waals surface area contributed by atoms with Gasteiger partial charge in [-0.1, -0.05) is 45.2 Å². The second-order valence-electron chi connectivity index (χ2n) is 10.5. The summed E-state index contributed by atoms with van der Waals surface area (Å²) in [6.07, 6.45) is 3.18. The van der Waals surface area contributed by atoms with Crippen molar-refractivity contribution in [3.8, 4) is 5.69 Å². The largest absolute Gasteiger partial charge is 0.478 e. The second kappa shape index (κ2) is 22.7. The highest BCUT2D eigenvalue weighted by atomic mass is 19.1. The average Bonchev–Trinajstić information content (AvgIpc) is 3.42. The third kappa shape index (κ3) is 13.8. The van der Waals surface area contributed by atoms with Crippen molar-refractivity contribution in [3.63, 3.8) is 0 Å². The van der Waals surface area contributed by atoms with E-state index in [9.17, 15) is 19.1 Å². The van der Waals surface area contributed by atoms with Gasteiger partial charge in [-0.3, -0.25) is 4.79 Å². The molecule has 0 spiro atoms. The lowest BCUT2D eigenvalue weighted by atomic mass is 9.89. The van der Waals surface area contributed by atoms with Crippen molar-refractivity contribution in [2.75, 3.05) is 47.1 Å².